The zero-order valence-corrected chi connectivity index (χ0v) is 16.3. The number of halogens is 3. The van der Waals surface area contributed by atoms with Crippen molar-refractivity contribution in [3.63, 3.8) is 0 Å². The Morgan fingerprint density at radius 3 is 2.71 bits per heavy atom. The van der Waals surface area contributed by atoms with Crippen LogP contribution in [0.4, 0.5) is 5.82 Å². The Hall–Kier alpha value is -0.210. The Balaban J connectivity index is 2.47. The van der Waals surface area contributed by atoms with Crippen LogP contribution in [0, 0.1) is 0 Å². The molecule has 0 atom stereocenters. The largest absolute Gasteiger partial charge is 0.378 e. The molecule has 0 radical (unpaired) electrons. The Morgan fingerprint density at radius 1 is 1.38 bits per heavy atom. The quantitative estimate of drug-likeness (QED) is 0.638. The summed E-state index contributed by atoms with van der Waals surface area (Å²) in [5, 5.41) is 3.30. The maximum atomic E-state index is 6.10. The number of anilines is 1. The smallest absolute Gasteiger partial charge is 0.172 e. The van der Waals surface area contributed by atoms with Crippen LogP contribution in [-0.4, -0.2) is 23.6 Å². The molecule has 1 N–H and O–H groups in total. The van der Waals surface area contributed by atoms with Gasteiger partial charge in [0.25, 0.3) is 0 Å². The molecule has 2 rings (SSSR count). The van der Waals surface area contributed by atoms with Gasteiger partial charge in [0.15, 0.2) is 5.82 Å². The van der Waals surface area contributed by atoms with E-state index in [1.807, 2.05) is 6.07 Å². The number of ether oxygens (including phenoxy) is 1. The van der Waals surface area contributed by atoms with Gasteiger partial charge in [-0.05, 0) is 44.3 Å². The van der Waals surface area contributed by atoms with Crippen molar-refractivity contribution in [3.05, 3.63) is 25.0 Å². The monoisotopic (exact) mass is 453 g/mol. The van der Waals surface area contributed by atoms with E-state index in [0.717, 1.165) is 38.3 Å². The van der Waals surface area contributed by atoms with Gasteiger partial charge in [0, 0.05) is 18.1 Å². The lowest BCUT2D eigenvalue weighted by molar-refractivity contribution is 0.181. The van der Waals surface area contributed by atoms with Gasteiger partial charge in [-0.3, -0.25) is 0 Å². The summed E-state index contributed by atoms with van der Waals surface area (Å²) in [5.41, 5.74) is 0.807. The van der Waals surface area contributed by atoms with Gasteiger partial charge in [0.1, 0.15) is 10.2 Å². The molecule has 0 fully saturated rings. The van der Waals surface area contributed by atoms with Crippen LogP contribution in [0.3, 0.4) is 0 Å². The normalized spacial score (nSPS) is 10.9. The predicted octanol–water partition coefficient (Wildman–Crippen LogP) is 5.35. The van der Waals surface area contributed by atoms with E-state index in [-0.39, 0.29) is 0 Å². The Labute approximate surface area is 149 Å². The van der Waals surface area contributed by atoms with Crippen molar-refractivity contribution in [2.75, 3.05) is 19.0 Å². The third kappa shape index (κ3) is 4.16. The second-order valence-electron chi connectivity index (χ2n) is 4.25. The van der Waals surface area contributed by atoms with E-state index in [0.29, 0.717) is 16.8 Å². The van der Waals surface area contributed by atoms with Crippen molar-refractivity contribution in [3.8, 4) is 10.7 Å². The van der Waals surface area contributed by atoms with Crippen molar-refractivity contribution in [1.82, 2.24) is 9.97 Å². The summed E-state index contributed by atoms with van der Waals surface area (Å²) in [7, 11) is 1.64. The molecular weight excluding hydrogens is 441 g/mol. The van der Waals surface area contributed by atoms with Gasteiger partial charge in [0.2, 0.25) is 0 Å². The number of nitrogens with zero attached hydrogens (tertiary/aromatic N) is 2. The molecule has 0 aliphatic carbocycles. The van der Waals surface area contributed by atoms with E-state index in [1.165, 1.54) is 11.3 Å². The first-order valence-corrected chi connectivity index (χ1v) is 9.09. The van der Waals surface area contributed by atoms with Crippen molar-refractivity contribution < 1.29 is 4.74 Å². The molecule has 0 bridgehead atoms. The Bertz CT molecular complexity index is 617. The van der Waals surface area contributed by atoms with Gasteiger partial charge in [-0.15, -0.1) is 11.3 Å². The molecule has 0 aromatic carbocycles. The zero-order chi connectivity index (χ0) is 15.4. The van der Waals surface area contributed by atoms with Crippen molar-refractivity contribution >= 4 is 60.6 Å². The second kappa shape index (κ2) is 7.87. The number of aromatic nitrogens is 2. The van der Waals surface area contributed by atoms with Crippen LogP contribution in [0.1, 0.15) is 19.0 Å². The third-order valence-corrected chi connectivity index (χ3v) is 5.91. The Kier molecular flexibility index (Phi) is 6.43. The maximum absolute atomic E-state index is 6.10. The molecule has 0 saturated heterocycles. The van der Waals surface area contributed by atoms with E-state index in [1.54, 1.807) is 7.11 Å². The van der Waals surface area contributed by atoms with Gasteiger partial charge in [-0.2, -0.15) is 0 Å². The SMILES string of the molecule is CCCNc1nc(-c2cc(Br)c(Cl)s2)nc(COC)c1Br. The molecule has 2 heterocycles. The summed E-state index contributed by atoms with van der Waals surface area (Å²) < 4.78 is 7.59. The van der Waals surface area contributed by atoms with Gasteiger partial charge >= 0.3 is 0 Å². The zero-order valence-electron chi connectivity index (χ0n) is 11.5. The Morgan fingerprint density at radius 2 is 2.14 bits per heavy atom. The summed E-state index contributed by atoms with van der Waals surface area (Å²) in [6, 6.07) is 1.93. The molecule has 8 heteroatoms. The lowest BCUT2D eigenvalue weighted by Crippen LogP contribution is -2.07. The minimum atomic E-state index is 0.414. The third-order valence-electron chi connectivity index (χ3n) is 2.61. The van der Waals surface area contributed by atoms with E-state index in [2.05, 4.69) is 54.1 Å². The second-order valence-corrected chi connectivity index (χ2v) is 7.55. The number of hydrogen-bond donors (Lipinski definition) is 1. The fourth-order valence-corrected chi connectivity index (χ4v) is 3.72. The van der Waals surface area contributed by atoms with E-state index >= 15 is 0 Å². The standard InChI is InChI=1S/C13H14Br2ClN3OS/c1-3-4-17-13-10(15)8(6-20-2)18-12(19-13)9-5-7(14)11(16)21-9/h5H,3-4,6H2,1-2H3,(H,17,18,19). The first kappa shape index (κ1) is 17.1. The topological polar surface area (TPSA) is 47.0 Å². The molecule has 4 nitrogen and oxygen atoms in total. The van der Waals surface area contributed by atoms with Gasteiger partial charge < -0.3 is 10.1 Å². The van der Waals surface area contributed by atoms with Gasteiger partial charge in [0.05, 0.1) is 21.7 Å². The highest BCUT2D eigenvalue weighted by Crippen LogP contribution is 2.38. The molecule has 0 saturated carbocycles. The summed E-state index contributed by atoms with van der Waals surface area (Å²) in [4.78, 5) is 10.1. The van der Waals surface area contributed by atoms with E-state index < -0.39 is 0 Å². The molecule has 2 aromatic rings. The van der Waals surface area contributed by atoms with Crippen molar-refractivity contribution in [2.45, 2.75) is 20.0 Å². The molecule has 0 unspecified atom stereocenters. The van der Waals surface area contributed by atoms with Crippen LogP contribution < -0.4 is 5.32 Å². The van der Waals surface area contributed by atoms with Crippen molar-refractivity contribution in [1.29, 1.82) is 0 Å². The highest BCUT2D eigenvalue weighted by molar-refractivity contribution is 9.11. The number of hydrogen-bond acceptors (Lipinski definition) is 5. The highest BCUT2D eigenvalue weighted by atomic mass is 79.9. The molecule has 114 valence electrons. The molecule has 0 amide bonds. The highest BCUT2D eigenvalue weighted by Gasteiger charge is 2.16. The van der Waals surface area contributed by atoms with Gasteiger partial charge in [-0.25, -0.2) is 9.97 Å². The average molecular weight is 456 g/mol. The first-order chi connectivity index (χ1) is 10.1. The summed E-state index contributed by atoms with van der Waals surface area (Å²) in [6.45, 7) is 3.36. The predicted molar refractivity (Wildman–Crippen MR) is 95.2 cm³/mol. The lowest BCUT2D eigenvalue weighted by atomic mass is 10.3. The minimum Gasteiger partial charge on any atom is -0.378 e. The van der Waals surface area contributed by atoms with E-state index in [4.69, 9.17) is 16.3 Å². The molecule has 21 heavy (non-hydrogen) atoms. The maximum Gasteiger partial charge on any atom is 0.172 e. The van der Waals surface area contributed by atoms with Crippen LogP contribution in [0.15, 0.2) is 15.0 Å². The van der Waals surface area contributed by atoms with Gasteiger partial charge in [-0.1, -0.05) is 18.5 Å². The average Bonchev–Trinajstić information content (AvgIpc) is 2.80. The lowest BCUT2D eigenvalue weighted by Gasteiger charge is -2.11. The number of nitrogens with one attached hydrogen (secondary N) is 1. The number of methoxy groups -OCH3 is 1. The van der Waals surface area contributed by atoms with Crippen molar-refractivity contribution in [2.24, 2.45) is 0 Å². The van der Waals surface area contributed by atoms with Crippen LogP contribution in [-0.2, 0) is 11.3 Å². The van der Waals surface area contributed by atoms with Crippen LogP contribution in [0.2, 0.25) is 4.34 Å². The molecule has 0 spiro atoms. The molecule has 2 aromatic heterocycles. The summed E-state index contributed by atoms with van der Waals surface area (Å²) in [5.74, 6) is 1.41. The number of thiophene rings is 1. The van der Waals surface area contributed by atoms with E-state index in [9.17, 15) is 0 Å². The fraction of sp³-hybridized carbons (Fsp3) is 0.385. The fourth-order valence-electron chi connectivity index (χ4n) is 1.65. The minimum absolute atomic E-state index is 0.414. The summed E-state index contributed by atoms with van der Waals surface area (Å²) in [6.07, 6.45) is 1.02. The number of rotatable bonds is 6. The molecular formula is C13H14Br2ClN3OS. The first-order valence-electron chi connectivity index (χ1n) is 6.31. The summed E-state index contributed by atoms with van der Waals surface area (Å²) >= 11 is 14.5. The van der Waals surface area contributed by atoms with Crippen LogP contribution >= 0.6 is 54.8 Å². The molecule has 0 aliphatic rings. The molecule has 0 aliphatic heterocycles. The van der Waals surface area contributed by atoms with Crippen LogP contribution in [0.5, 0.6) is 0 Å². The van der Waals surface area contributed by atoms with Crippen LogP contribution in [0.25, 0.3) is 10.7 Å².